The Morgan fingerprint density at radius 2 is 1.78 bits per heavy atom. The van der Waals surface area contributed by atoms with E-state index in [0.717, 1.165) is 48.1 Å². The summed E-state index contributed by atoms with van der Waals surface area (Å²) in [5.74, 6) is 0.404. The average Bonchev–Trinajstić information content (AvgIpc) is 2.73. The summed E-state index contributed by atoms with van der Waals surface area (Å²) in [6.45, 7) is 11.0. The van der Waals surface area contributed by atoms with E-state index in [1.807, 2.05) is 37.3 Å². The minimum Gasteiger partial charge on any atom is -0.371 e. The summed E-state index contributed by atoms with van der Waals surface area (Å²) in [5, 5.41) is 8.68. The molecule has 2 N–H and O–H groups in total. The number of piperidine rings is 1. The normalized spacial score (nSPS) is 15.4. The lowest BCUT2D eigenvalue weighted by Crippen LogP contribution is -2.49. The molecule has 1 aliphatic heterocycles. The van der Waals surface area contributed by atoms with Crippen molar-refractivity contribution in [3.05, 3.63) is 64.4 Å². The quantitative estimate of drug-likeness (QED) is 0.474. The highest BCUT2D eigenvalue weighted by atomic mass is 35.5. The molecule has 4 rings (SSSR count). The number of benzene rings is 2. The Bertz CT molecular complexity index is 1080. The molecular formula is C26H32ClFN4. The summed E-state index contributed by atoms with van der Waals surface area (Å²) in [6, 6.07) is 13.9. The molecule has 0 unspecified atom stereocenters. The summed E-state index contributed by atoms with van der Waals surface area (Å²) in [7, 11) is 0. The average molecular weight is 455 g/mol. The molecule has 1 saturated heterocycles. The molecule has 1 aliphatic rings. The first-order chi connectivity index (χ1) is 15.2. The molecule has 0 atom stereocenters. The van der Waals surface area contributed by atoms with Crippen LogP contribution in [0.1, 0.15) is 44.7 Å². The van der Waals surface area contributed by atoms with E-state index in [1.165, 1.54) is 0 Å². The van der Waals surface area contributed by atoms with E-state index >= 15 is 0 Å². The fourth-order valence-electron chi connectivity index (χ4n) is 4.43. The van der Waals surface area contributed by atoms with Crippen LogP contribution < -0.4 is 15.5 Å². The van der Waals surface area contributed by atoms with Crippen molar-refractivity contribution in [2.45, 2.75) is 58.7 Å². The molecule has 6 heteroatoms. The summed E-state index contributed by atoms with van der Waals surface area (Å²) in [5.41, 5.74) is 3.57. The molecular weight excluding hydrogens is 423 g/mol. The van der Waals surface area contributed by atoms with Gasteiger partial charge in [-0.3, -0.25) is 0 Å². The van der Waals surface area contributed by atoms with Gasteiger partial charge in [-0.05, 0) is 75.9 Å². The second-order valence-electron chi connectivity index (χ2n) is 9.81. The van der Waals surface area contributed by atoms with Crippen LogP contribution in [0.5, 0.6) is 0 Å². The number of aromatic nitrogens is 1. The third-order valence-corrected chi connectivity index (χ3v) is 6.10. The SMILES string of the molecule is Cc1cc(F)c2nc(NCc3ccc(Cl)cc3)cc(N3CCC(NC(C)(C)C)CC3)c2c1. The lowest BCUT2D eigenvalue weighted by molar-refractivity contribution is 0.317. The Morgan fingerprint density at radius 3 is 2.44 bits per heavy atom. The van der Waals surface area contributed by atoms with Crippen molar-refractivity contribution in [2.24, 2.45) is 0 Å². The monoisotopic (exact) mass is 454 g/mol. The van der Waals surface area contributed by atoms with E-state index in [0.29, 0.717) is 28.9 Å². The van der Waals surface area contributed by atoms with Gasteiger partial charge in [0.25, 0.3) is 0 Å². The highest BCUT2D eigenvalue weighted by Crippen LogP contribution is 2.33. The molecule has 4 nitrogen and oxygen atoms in total. The lowest BCUT2D eigenvalue weighted by atomic mass is 9.99. The van der Waals surface area contributed by atoms with Crippen LogP contribution in [-0.2, 0) is 6.54 Å². The van der Waals surface area contributed by atoms with Gasteiger partial charge in [-0.1, -0.05) is 23.7 Å². The zero-order chi connectivity index (χ0) is 22.9. The van der Waals surface area contributed by atoms with Crippen molar-refractivity contribution in [1.82, 2.24) is 10.3 Å². The maximum absolute atomic E-state index is 14.9. The minimum absolute atomic E-state index is 0.106. The van der Waals surface area contributed by atoms with E-state index in [2.05, 4.69) is 47.4 Å². The van der Waals surface area contributed by atoms with Crippen molar-refractivity contribution in [2.75, 3.05) is 23.3 Å². The van der Waals surface area contributed by atoms with Crippen LogP contribution in [0.25, 0.3) is 10.9 Å². The number of rotatable bonds is 5. The predicted octanol–water partition coefficient (Wildman–Crippen LogP) is 6.30. The van der Waals surface area contributed by atoms with Gasteiger partial charge in [0.2, 0.25) is 0 Å². The largest absolute Gasteiger partial charge is 0.371 e. The van der Waals surface area contributed by atoms with Gasteiger partial charge in [-0.2, -0.15) is 0 Å². The molecule has 0 amide bonds. The van der Waals surface area contributed by atoms with Crippen LogP contribution in [0.2, 0.25) is 5.02 Å². The van der Waals surface area contributed by atoms with E-state index < -0.39 is 0 Å². The number of hydrogen-bond donors (Lipinski definition) is 2. The second kappa shape index (κ2) is 9.24. The molecule has 0 saturated carbocycles. The molecule has 32 heavy (non-hydrogen) atoms. The number of aryl methyl sites for hydroxylation is 1. The maximum Gasteiger partial charge on any atom is 0.149 e. The number of halogens is 2. The first-order valence-corrected chi connectivity index (χ1v) is 11.7. The van der Waals surface area contributed by atoms with Gasteiger partial charge in [-0.25, -0.2) is 9.37 Å². The molecule has 0 spiro atoms. The number of nitrogens with one attached hydrogen (secondary N) is 2. The molecule has 170 valence electrons. The Morgan fingerprint density at radius 1 is 1.09 bits per heavy atom. The lowest BCUT2D eigenvalue weighted by Gasteiger charge is -2.37. The van der Waals surface area contributed by atoms with Gasteiger partial charge in [0.15, 0.2) is 0 Å². The van der Waals surface area contributed by atoms with Crippen LogP contribution >= 0.6 is 11.6 Å². The predicted molar refractivity (Wildman–Crippen MR) is 133 cm³/mol. The Balaban J connectivity index is 1.61. The molecule has 2 heterocycles. The van der Waals surface area contributed by atoms with Gasteiger partial charge < -0.3 is 15.5 Å². The van der Waals surface area contributed by atoms with Gasteiger partial charge in [0, 0.05) is 53.4 Å². The van der Waals surface area contributed by atoms with Crippen molar-refractivity contribution in [3.63, 3.8) is 0 Å². The molecule has 0 bridgehead atoms. The third kappa shape index (κ3) is 5.51. The van der Waals surface area contributed by atoms with Crippen LogP contribution in [-0.4, -0.2) is 29.7 Å². The number of nitrogens with zero attached hydrogens (tertiary/aromatic N) is 2. The van der Waals surface area contributed by atoms with E-state index in [4.69, 9.17) is 11.6 Å². The third-order valence-electron chi connectivity index (χ3n) is 5.85. The van der Waals surface area contributed by atoms with E-state index in [1.54, 1.807) is 6.07 Å². The van der Waals surface area contributed by atoms with E-state index in [-0.39, 0.29) is 11.4 Å². The van der Waals surface area contributed by atoms with Crippen molar-refractivity contribution >= 4 is 34.0 Å². The number of hydrogen-bond acceptors (Lipinski definition) is 4. The molecule has 3 aromatic rings. The Labute approximate surface area is 195 Å². The first-order valence-electron chi connectivity index (χ1n) is 11.3. The van der Waals surface area contributed by atoms with Gasteiger partial charge >= 0.3 is 0 Å². The Kier molecular flexibility index (Phi) is 6.59. The topological polar surface area (TPSA) is 40.2 Å². The second-order valence-corrected chi connectivity index (χ2v) is 10.2. The molecule has 2 aromatic carbocycles. The highest BCUT2D eigenvalue weighted by Gasteiger charge is 2.25. The standard InChI is InChI=1S/C26H32ClFN4/c1-17-13-21-23(32-11-9-20(10-12-32)31-26(2,3)4)15-24(30-25(21)22(28)14-17)29-16-18-5-7-19(27)8-6-18/h5-8,13-15,20,31H,9-12,16H2,1-4H3,(H,29,30). The highest BCUT2D eigenvalue weighted by molar-refractivity contribution is 6.30. The molecule has 0 aliphatic carbocycles. The summed E-state index contributed by atoms with van der Waals surface area (Å²) >= 11 is 5.99. The molecule has 1 aromatic heterocycles. The van der Waals surface area contributed by atoms with Crippen LogP contribution in [0.15, 0.2) is 42.5 Å². The Hall–Kier alpha value is -2.37. The van der Waals surface area contributed by atoms with E-state index in [9.17, 15) is 4.39 Å². The van der Waals surface area contributed by atoms with Gasteiger partial charge in [0.05, 0.1) is 0 Å². The maximum atomic E-state index is 14.9. The van der Waals surface area contributed by atoms with Gasteiger partial charge in [0.1, 0.15) is 17.2 Å². The molecule has 0 radical (unpaired) electrons. The zero-order valence-electron chi connectivity index (χ0n) is 19.3. The number of fused-ring (bicyclic) bond motifs is 1. The van der Waals surface area contributed by atoms with Crippen molar-refractivity contribution in [3.8, 4) is 0 Å². The fraction of sp³-hybridized carbons (Fsp3) is 0.423. The first kappa shape index (κ1) is 22.8. The fourth-order valence-corrected chi connectivity index (χ4v) is 4.55. The summed E-state index contributed by atoms with van der Waals surface area (Å²) < 4.78 is 14.9. The minimum atomic E-state index is -0.277. The summed E-state index contributed by atoms with van der Waals surface area (Å²) in [6.07, 6.45) is 2.12. The van der Waals surface area contributed by atoms with Gasteiger partial charge in [-0.15, -0.1) is 0 Å². The van der Waals surface area contributed by atoms with Crippen LogP contribution in [0.3, 0.4) is 0 Å². The number of anilines is 2. The van der Waals surface area contributed by atoms with Crippen molar-refractivity contribution in [1.29, 1.82) is 0 Å². The zero-order valence-corrected chi connectivity index (χ0v) is 20.1. The number of pyridine rings is 1. The summed E-state index contributed by atoms with van der Waals surface area (Å²) in [4.78, 5) is 6.99. The van der Waals surface area contributed by atoms with Crippen LogP contribution in [0, 0.1) is 12.7 Å². The molecule has 1 fully saturated rings. The van der Waals surface area contributed by atoms with Crippen LogP contribution in [0.4, 0.5) is 15.9 Å². The smallest absolute Gasteiger partial charge is 0.149 e. The van der Waals surface area contributed by atoms with Crippen molar-refractivity contribution < 1.29 is 4.39 Å².